The van der Waals surface area contributed by atoms with Gasteiger partial charge in [0.15, 0.2) is 0 Å². The van der Waals surface area contributed by atoms with Crippen LogP contribution in [0.2, 0.25) is 5.02 Å². The van der Waals surface area contributed by atoms with Gasteiger partial charge in [-0.25, -0.2) is 17.5 Å². The zero-order chi connectivity index (χ0) is 17.3. The highest BCUT2D eigenvalue weighted by molar-refractivity contribution is 7.90. The lowest BCUT2D eigenvalue weighted by Crippen LogP contribution is -2.37. The molecule has 132 valence electrons. The van der Waals surface area contributed by atoms with E-state index in [1.54, 1.807) is 33.5 Å². The van der Waals surface area contributed by atoms with Gasteiger partial charge in [-0.2, -0.15) is 0 Å². The normalized spacial score (nSPS) is 26.7. The van der Waals surface area contributed by atoms with Gasteiger partial charge in [-0.3, -0.25) is 0 Å². The number of halogens is 1. The molecule has 6 nitrogen and oxygen atoms in total. The molecule has 8 heteroatoms. The van der Waals surface area contributed by atoms with Gasteiger partial charge < -0.3 is 10.2 Å². The summed E-state index contributed by atoms with van der Waals surface area (Å²) in [5, 5.41) is 2.93. The van der Waals surface area contributed by atoms with Crippen LogP contribution in [0.5, 0.6) is 0 Å². The first-order valence-corrected chi connectivity index (χ1v) is 10.1. The standard InChI is InChI=1S/C16H22ClN3O3S/c1-2-20-11-12-7-9-19(10-8-15(12)24(20,22)23)16(21)18-14-6-4-3-5-13(14)17/h3-6,12,15H,2,7-11H2,1H3,(H,18,21)/t12-,15-/m1/s1. The van der Waals surface area contributed by atoms with Crippen molar-refractivity contribution >= 4 is 33.3 Å². The maximum atomic E-state index is 12.5. The van der Waals surface area contributed by atoms with Gasteiger partial charge in [0.05, 0.1) is 16.0 Å². The number of anilines is 1. The van der Waals surface area contributed by atoms with E-state index < -0.39 is 10.0 Å². The van der Waals surface area contributed by atoms with Crippen LogP contribution < -0.4 is 5.32 Å². The van der Waals surface area contributed by atoms with Crippen LogP contribution in [0.25, 0.3) is 0 Å². The smallest absolute Gasteiger partial charge is 0.321 e. The zero-order valence-electron chi connectivity index (χ0n) is 13.6. The Morgan fingerprint density at radius 1 is 1.29 bits per heavy atom. The number of hydrogen-bond acceptors (Lipinski definition) is 3. The number of nitrogens with one attached hydrogen (secondary N) is 1. The topological polar surface area (TPSA) is 69.7 Å². The summed E-state index contributed by atoms with van der Waals surface area (Å²) in [5.41, 5.74) is 0.568. The average molecular weight is 372 g/mol. The molecule has 0 saturated carbocycles. The van der Waals surface area contributed by atoms with Crippen molar-refractivity contribution < 1.29 is 13.2 Å². The number of sulfonamides is 1. The van der Waals surface area contributed by atoms with E-state index in [-0.39, 0.29) is 17.2 Å². The Balaban J connectivity index is 1.67. The van der Waals surface area contributed by atoms with Gasteiger partial charge in [0.1, 0.15) is 0 Å². The second-order valence-electron chi connectivity index (χ2n) is 6.27. The van der Waals surface area contributed by atoms with Gasteiger partial charge in [-0.15, -0.1) is 0 Å². The molecule has 2 atom stereocenters. The minimum Gasteiger partial charge on any atom is -0.324 e. The summed E-state index contributed by atoms with van der Waals surface area (Å²) < 4.78 is 26.6. The molecule has 3 rings (SSSR count). The summed E-state index contributed by atoms with van der Waals surface area (Å²) >= 11 is 6.07. The number of benzene rings is 1. The van der Waals surface area contributed by atoms with Gasteiger partial charge in [-0.05, 0) is 30.9 Å². The van der Waals surface area contributed by atoms with Crippen molar-refractivity contribution in [1.29, 1.82) is 0 Å². The molecule has 0 radical (unpaired) electrons. The first-order valence-electron chi connectivity index (χ1n) is 8.23. The zero-order valence-corrected chi connectivity index (χ0v) is 15.2. The quantitative estimate of drug-likeness (QED) is 0.868. The van der Waals surface area contributed by atoms with Crippen LogP contribution in [0.4, 0.5) is 10.5 Å². The molecule has 0 unspecified atom stereocenters. The Morgan fingerprint density at radius 2 is 2.00 bits per heavy atom. The fraction of sp³-hybridized carbons (Fsp3) is 0.562. The minimum atomic E-state index is -3.22. The van der Waals surface area contributed by atoms with Gasteiger partial charge in [0.25, 0.3) is 0 Å². The molecule has 2 fully saturated rings. The third-order valence-electron chi connectivity index (χ3n) is 4.92. The third kappa shape index (κ3) is 3.25. The molecule has 2 aliphatic heterocycles. The van der Waals surface area contributed by atoms with Crippen LogP contribution in [0.3, 0.4) is 0 Å². The van der Waals surface area contributed by atoms with E-state index in [0.29, 0.717) is 49.7 Å². The molecular formula is C16H22ClN3O3S. The Bertz CT molecular complexity index is 725. The molecule has 2 heterocycles. The molecule has 0 aromatic heterocycles. The van der Waals surface area contributed by atoms with Crippen LogP contribution >= 0.6 is 11.6 Å². The van der Waals surface area contributed by atoms with Crippen molar-refractivity contribution in [2.75, 3.05) is 31.5 Å². The molecule has 2 aliphatic rings. The van der Waals surface area contributed by atoms with Gasteiger partial charge in [0.2, 0.25) is 10.0 Å². The Kier molecular flexibility index (Phi) is 5.03. The number of likely N-dealkylation sites (tertiary alicyclic amines) is 1. The van der Waals surface area contributed by atoms with E-state index in [1.807, 2.05) is 6.92 Å². The van der Waals surface area contributed by atoms with E-state index in [4.69, 9.17) is 11.6 Å². The monoisotopic (exact) mass is 371 g/mol. The summed E-state index contributed by atoms with van der Waals surface area (Å²) in [6, 6.07) is 6.84. The van der Waals surface area contributed by atoms with Crippen LogP contribution in [-0.2, 0) is 10.0 Å². The van der Waals surface area contributed by atoms with Crippen LogP contribution in [0, 0.1) is 5.92 Å². The number of nitrogens with zero attached hydrogens (tertiary/aromatic N) is 2. The molecule has 2 amide bonds. The second-order valence-corrected chi connectivity index (χ2v) is 8.83. The Morgan fingerprint density at radius 3 is 2.71 bits per heavy atom. The fourth-order valence-corrected chi connectivity index (χ4v) is 6.00. The predicted octanol–water partition coefficient (Wildman–Crippen LogP) is 2.62. The number of rotatable bonds is 2. The first kappa shape index (κ1) is 17.5. The van der Waals surface area contributed by atoms with E-state index in [1.165, 1.54) is 0 Å². The predicted molar refractivity (Wildman–Crippen MR) is 94.7 cm³/mol. The molecule has 1 aromatic rings. The fourth-order valence-electron chi connectivity index (χ4n) is 3.57. The lowest BCUT2D eigenvalue weighted by atomic mass is 10.0. The van der Waals surface area contributed by atoms with Crippen LogP contribution in [0.15, 0.2) is 24.3 Å². The average Bonchev–Trinajstić information content (AvgIpc) is 2.70. The van der Waals surface area contributed by atoms with Gasteiger partial charge >= 0.3 is 6.03 Å². The molecule has 24 heavy (non-hydrogen) atoms. The summed E-state index contributed by atoms with van der Waals surface area (Å²) in [6.45, 7) is 3.96. The molecule has 0 spiro atoms. The third-order valence-corrected chi connectivity index (χ3v) is 7.76. The van der Waals surface area contributed by atoms with Crippen molar-refractivity contribution in [3.63, 3.8) is 0 Å². The highest BCUT2D eigenvalue weighted by Crippen LogP contribution is 2.34. The first-order chi connectivity index (χ1) is 11.4. The van der Waals surface area contributed by atoms with E-state index >= 15 is 0 Å². The molecular weight excluding hydrogens is 350 g/mol. The SMILES string of the molecule is CCN1C[C@H]2CCN(C(=O)Nc3ccccc3Cl)CC[C@H]2S1(=O)=O. The Hall–Kier alpha value is -1.31. The van der Waals surface area contributed by atoms with E-state index in [9.17, 15) is 13.2 Å². The maximum Gasteiger partial charge on any atom is 0.321 e. The highest BCUT2D eigenvalue weighted by atomic mass is 35.5. The minimum absolute atomic E-state index is 0.105. The molecule has 1 aromatic carbocycles. The maximum absolute atomic E-state index is 12.5. The van der Waals surface area contributed by atoms with Crippen molar-refractivity contribution in [3.8, 4) is 0 Å². The molecule has 0 aliphatic carbocycles. The van der Waals surface area contributed by atoms with Crippen LogP contribution in [-0.4, -0.2) is 55.1 Å². The number of amides is 2. The van der Waals surface area contributed by atoms with Crippen molar-refractivity contribution in [1.82, 2.24) is 9.21 Å². The Labute approximate surface area is 147 Å². The van der Waals surface area contributed by atoms with Crippen molar-refractivity contribution in [3.05, 3.63) is 29.3 Å². The summed E-state index contributed by atoms with van der Waals surface area (Å²) in [7, 11) is -3.22. The number of para-hydroxylation sites is 1. The van der Waals surface area contributed by atoms with Crippen LogP contribution in [0.1, 0.15) is 19.8 Å². The molecule has 1 N–H and O–H groups in total. The summed E-state index contributed by atoms with van der Waals surface area (Å²) in [4.78, 5) is 14.2. The van der Waals surface area contributed by atoms with Gasteiger partial charge in [0, 0.05) is 26.2 Å². The summed E-state index contributed by atoms with van der Waals surface area (Å²) in [5.74, 6) is 0.105. The van der Waals surface area contributed by atoms with Gasteiger partial charge in [-0.1, -0.05) is 30.7 Å². The highest BCUT2D eigenvalue weighted by Gasteiger charge is 2.46. The number of fused-ring (bicyclic) bond motifs is 1. The lowest BCUT2D eigenvalue weighted by molar-refractivity contribution is 0.212. The lowest BCUT2D eigenvalue weighted by Gasteiger charge is -2.22. The van der Waals surface area contributed by atoms with Crippen molar-refractivity contribution in [2.24, 2.45) is 5.92 Å². The number of carbonyl (C=O) groups excluding carboxylic acids is 1. The molecule has 2 saturated heterocycles. The number of carbonyl (C=O) groups is 1. The van der Waals surface area contributed by atoms with E-state index in [2.05, 4.69) is 5.32 Å². The largest absolute Gasteiger partial charge is 0.324 e. The summed E-state index contributed by atoms with van der Waals surface area (Å²) in [6.07, 6.45) is 1.19. The number of urea groups is 1. The number of hydrogen-bond donors (Lipinski definition) is 1. The van der Waals surface area contributed by atoms with Crippen molar-refractivity contribution in [2.45, 2.75) is 25.0 Å². The second kappa shape index (κ2) is 6.90. The molecule has 0 bridgehead atoms. The van der Waals surface area contributed by atoms with E-state index in [0.717, 1.165) is 0 Å².